The van der Waals surface area contributed by atoms with Gasteiger partial charge in [0.15, 0.2) is 5.13 Å². The van der Waals surface area contributed by atoms with Crippen molar-refractivity contribution in [3.05, 3.63) is 40.9 Å². The van der Waals surface area contributed by atoms with Crippen molar-refractivity contribution in [1.82, 2.24) is 4.98 Å². The number of alkyl halides is 3. The number of halogens is 3. The van der Waals surface area contributed by atoms with Crippen molar-refractivity contribution >= 4 is 28.1 Å². The van der Waals surface area contributed by atoms with Crippen LogP contribution < -0.4 is 11.1 Å². The van der Waals surface area contributed by atoms with E-state index < -0.39 is 17.6 Å². The fourth-order valence-corrected chi connectivity index (χ4v) is 2.16. The molecule has 0 aliphatic heterocycles. The van der Waals surface area contributed by atoms with E-state index in [1.807, 2.05) is 0 Å². The monoisotopic (exact) mass is 301 g/mol. The average molecular weight is 301 g/mol. The minimum Gasteiger partial charge on any atom is -0.375 e. The van der Waals surface area contributed by atoms with Crippen LogP contribution in [0.5, 0.6) is 0 Å². The number of para-hydroxylation sites is 1. The van der Waals surface area contributed by atoms with Crippen molar-refractivity contribution in [2.24, 2.45) is 0 Å². The van der Waals surface area contributed by atoms with Crippen molar-refractivity contribution in [2.75, 3.05) is 11.1 Å². The Kier molecular flexibility index (Phi) is 3.93. The number of nitrogens with zero attached hydrogens (tertiary/aromatic N) is 1. The SMILES string of the molecule is Nc1nc(CC(=O)Nc2ccccc2C(F)(F)F)cs1. The number of carbonyl (C=O) groups is 1. The number of nitrogen functional groups attached to an aromatic ring is 1. The molecule has 20 heavy (non-hydrogen) atoms. The largest absolute Gasteiger partial charge is 0.418 e. The summed E-state index contributed by atoms with van der Waals surface area (Å²) in [5.74, 6) is -0.577. The van der Waals surface area contributed by atoms with E-state index >= 15 is 0 Å². The molecule has 0 radical (unpaired) electrons. The van der Waals surface area contributed by atoms with Gasteiger partial charge in [-0.3, -0.25) is 4.79 Å². The zero-order valence-corrected chi connectivity index (χ0v) is 10.9. The normalized spacial score (nSPS) is 11.3. The molecule has 1 amide bonds. The number of thiazole rings is 1. The molecule has 8 heteroatoms. The lowest BCUT2D eigenvalue weighted by Gasteiger charge is -2.13. The summed E-state index contributed by atoms with van der Waals surface area (Å²) >= 11 is 1.17. The van der Waals surface area contributed by atoms with E-state index in [0.29, 0.717) is 10.8 Å². The number of amides is 1. The summed E-state index contributed by atoms with van der Waals surface area (Å²) in [6, 6.07) is 4.80. The predicted molar refractivity (Wildman–Crippen MR) is 70.3 cm³/mol. The molecular formula is C12H10F3N3OS. The fourth-order valence-electron chi connectivity index (χ4n) is 1.60. The molecule has 0 unspecified atom stereocenters. The van der Waals surface area contributed by atoms with Crippen LogP contribution in [0, 0.1) is 0 Å². The first kappa shape index (κ1) is 14.3. The van der Waals surface area contributed by atoms with E-state index in [1.54, 1.807) is 5.38 Å². The molecule has 1 heterocycles. The Morgan fingerprint density at radius 3 is 2.65 bits per heavy atom. The van der Waals surface area contributed by atoms with Crippen molar-refractivity contribution in [2.45, 2.75) is 12.6 Å². The number of nitrogens with two attached hydrogens (primary N) is 1. The highest BCUT2D eigenvalue weighted by atomic mass is 32.1. The van der Waals surface area contributed by atoms with Gasteiger partial charge in [-0.15, -0.1) is 11.3 Å². The van der Waals surface area contributed by atoms with Gasteiger partial charge in [0.25, 0.3) is 0 Å². The molecule has 106 valence electrons. The number of hydrogen-bond acceptors (Lipinski definition) is 4. The molecular weight excluding hydrogens is 291 g/mol. The molecule has 4 nitrogen and oxygen atoms in total. The number of nitrogens with one attached hydrogen (secondary N) is 1. The highest BCUT2D eigenvalue weighted by molar-refractivity contribution is 7.13. The molecule has 1 aromatic carbocycles. The number of hydrogen-bond donors (Lipinski definition) is 2. The number of rotatable bonds is 3. The van der Waals surface area contributed by atoms with E-state index in [9.17, 15) is 18.0 Å². The Labute approximate surface area is 116 Å². The topological polar surface area (TPSA) is 68.0 Å². The third-order valence-electron chi connectivity index (χ3n) is 2.42. The van der Waals surface area contributed by atoms with Crippen molar-refractivity contribution in [3.63, 3.8) is 0 Å². The summed E-state index contributed by atoms with van der Waals surface area (Å²) in [6.07, 6.45) is -4.64. The minimum atomic E-state index is -4.52. The van der Waals surface area contributed by atoms with Crippen molar-refractivity contribution < 1.29 is 18.0 Å². The highest BCUT2D eigenvalue weighted by Gasteiger charge is 2.33. The quantitative estimate of drug-likeness (QED) is 0.916. The van der Waals surface area contributed by atoms with Crippen molar-refractivity contribution in [3.8, 4) is 0 Å². The Morgan fingerprint density at radius 2 is 2.05 bits per heavy atom. The minimum absolute atomic E-state index is 0.125. The van der Waals surface area contributed by atoms with Crippen LogP contribution in [0.2, 0.25) is 0 Å². The third kappa shape index (κ3) is 3.47. The zero-order chi connectivity index (χ0) is 14.8. The average Bonchev–Trinajstić information content (AvgIpc) is 2.73. The summed E-state index contributed by atoms with van der Waals surface area (Å²) in [5, 5.41) is 4.14. The molecule has 0 aliphatic carbocycles. The Balaban J connectivity index is 2.12. The molecule has 0 saturated heterocycles. The Bertz CT molecular complexity index is 624. The van der Waals surface area contributed by atoms with Gasteiger partial charge >= 0.3 is 6.18 Å². The van der Waals surface area contributed by atoms with Crippen molar-refractivity contribution in [1.29, 1.82) is 0 Å². The number of carbonyl (C=O) groups excluding carboxylic acids is 1. The second-order valence-corrected chi connectivity index (χ2v) is 4.84. The first-order valence-electron chi connectivity index (χ1n) is 5.52. The van der Waals surface area contributed by atoms with Crippen LogP contribution in [0.4, 0.5) is 24.0 Å². The summed E-state index contributed by atoms with van der Waals surface area (Å²) in [7, 11) is 0. The van der Waals surface area contributed by atoms with Crippen LogP contribution in [0.25, 0.3) is 0 Å². The second-order valence-electron chi connectivity index (χ2n) is 3.95. The smallest absolute Gasteiger partial charge is 0.375 e. The van der Waals surface area contributed by atoms with E-state index in [0.717, 1.165) is 6.07 Å². The van der Waals surface area contributed by atoms with Crippen LogP contribution >= 0.6 is 11.3 Å². The fraction of sp³-hybridized carbons (Fsp3) is 0.167. The predicted octanol–water partition coefficient (Wildman–Crippen LogP) is 2.93. The second kappa shape index (κ2) is 5.49. The first-order valence-corrected chi connectivity index (χ1v) is 6.40. The van der Waals surface area contributed by atoms with Crippen LogP contribution in [0.15, 0.2) is 29.6 Å². The van der Waals surface area contributed by atoms with Crippen LogP contribution in [0.1, 0.15) is 11.3 Å². The molecule has 0 spiro atoms. The van der Waals surface area contributed by atoms with Gasteiger partial charge < -0.3 is 11.1 Å². The summed E-state index contributed by atoms with van der Waals surface area (Å²) in [5.41, 5.74) is 4.69. The van der Waals surface area contributed by atoms with Crippen LogP contribution in [-0.4, -0.2) is 10.9 Å². The van der Waals surface area contributed by atoms with Gasteiger partial charge in [0.1, 0.15) is 0 Å². The molecule has 0 bridgehead atoms. The Hall–Kier alpha value is -2.09. The van der Waals surface area contributed by atoms with E-state index in [4.69, 9.17) is 5.73 Å². The van der Waals surface area contributed by atoms with Crippen LogP contribution in [0.3, 0.4) is 0 Å². The van der Waals surface area contributed by atoms with Gasteiger partial charge in [-0.05, 0) is 12.1 Å². The zero-order valence-electron chi connectivity index (χ0n) is 10.1. The third-order valence-corrected chi connectivity index (χ3v) is 3.14. The molecule has 0 saturated carbocycles. The lowest BCUT2D eigenvalue weighted by molar-refractivity contribution is -0.137. The lowest BCUT2D eigenvalue weighted by Crippen LogP contribution is -2.18. The maximum absolute atomic E-state index is 12.8. The highest BCUT2D eigenvalue weighted by Crippen LogP contribution is 2.34. The molecule has 2 rings (SSSR count). The first-order chi connectivity index (χ1) is 9.36. The van der Waals surface area contributed by atoms with E-state index in [-0.39, 0.29) is 12.1 Å². The maximum Gasteiger partial charge on any atom is 0.418 e. The summed E-state index contributed by atoms with van der Waals surface area (Å²) < 4.78 is 38.3. The summed E-state index contributed by atoms with van der Waals surface area (Å²) in [4.78, 5) is 15.6. The molecule has 2 aromatic rings. The van der Waals surface area contributed by atoms with Gasteiger partial charge in [-0.25, -0.2) is 4.98 Å². The summed E-state index contributed by atoms with van der Waals surface area (Å²) in [6.45, 7) is 0. The van der Waals surface area contributed by atoms with Gasteiger partial charge in [0.05, 0.1) is 23.4 Å². The van der Waals surface area contributed by atoms with Gasteiger partial charge in [-0.2, -0.15) is 13.2 Å². The molecule has 1 aromatic heterocycles. The van der Waals surface area contributed by atoms with E-state index in [2.05, 4.69) is 10.3 Å². The molecule has 0 atom stereocenters. The Morgan fingerprint density at radius 1 is 1.35 bits per heavy atom. The van der Waals surface area contributed by atoms with Gasteiger partial charge in [-0.1, -0.05) is 12.1 Å². The molecule has 0 fully saturated rings. The van der Waals surface area contributed by atoms with Gasteiger partial charge in [0.2, 0.25) is 5.91 Å². The van der Waals surface area contributed by atoms with E-state index in [1.165, 1.54) is 29.5 Å². The standard InChI is InChI=1S/C12H10F3N3OS/c13-12(14,15)8-3-1-2-4-9(8)18-10(19)5-7-6-20-11(16)17-7/h1-4,6H,5H2,(H2,16,17)(H,18,19). The van der Waals surface area contributed by atoms with Gasteiger partial charge in [0, 0.05) is 5.38 Å². The van der Waals surface area contributed by atoms with Crippen LogP contribution in [-0.2, 0) is 17.4 Å². The molecule has 3 N–H and O–H groups in total. The molecule has 0 aliphatic rings. The number of anilines is 2. The number of benzene rings is 1. The lowest BCUT2D eigenvalue weighted by atomic mass is 10.1. The maximum atomic E-state index is 12.8. The number of aromatic nitrogens is 1.